The molecule has 0 spiro atoms. The molecule has 0 N–H and O–H groups in total. The second-order valence-electron chi connectivity index (χ2n) is 15.3. The van der Waals surface area contributed by atoms with E-state index in [4.69, 9.17) is 9.51 Å². The largest absolute Gasteiger partial charge is 0.339 e. The topological polar surface area (TPSA) is 72.1 Å². The summed E-state index contributed by atoms with van der Waals surface area (Å²) >= 11 is 1.70. The Kier molecular flexibility index (Phi) is 5.71. The maximum Gasteiger partial charge on any atom is 0.233 e. The van der Waals surface area contributed by atoms with Crippen LogP contribution in [0.5, 0.6) is 0 Å². The average molecular weight is 599 g/mol. The van der Waals surface area contributed by atoms with E-state index in [-0.39, 0.29) is 22.2 Å². The number of halogens is 1. The van der Waals surface area contributed by atoms with Crippen LogP contribution in [0.1, 0.15) is 95.3 Å². The second-order valence-corrected chi connectivity index (χ2v) is 16.5. The van der Waals surface area contributed by atoms with Gasteiger partial charge in [0.2, 0.25) is 11.8 Å². The number of alkyl halides is 1. The molecular formula is C35H39FN4O2S. The van der Waals surface area contributed by atoms with Crippen LogP contribution in [-0.2, 0) is 15.6 Å². The van der Waals surface area contributed by atoms with Crippen molar-refractivity contribution in [1.29, 1.82) is 0 Å². The van der Waals surface area contributed by atoms with Gasteiger partial charge in [0, 0.05) is 23.1 Å². The molecule has 6 aliphatic rings. The molecule has 6 fully saturated rings. The molecule has 4 aromatic rings. The zero-order valence-corrected chi connectivity index (χ0v) is 26.3. The SMILES string of the molecule is Cc1nc2ccc(-c3cccc(N(CC45CCC(c6nc(C(C)(C)C)no6)(CC4)CC5)C(=O)C45CC(F)(C4)C5)c3)cc2s1. The van der Waals surface area contributed by atoms with Crippen LogP contribution < -0.4 is 4.90 Å². The van der Waals surface area contributed by atoms with Crippen molar-refractivity contribution in [2.75, 3.05) is 11.4 Å². The van der Waals surface area contributed by atoms with Crippen molar-refractivity contribution in [3.8, 4) is 11.1 Å². The third-order valence-electron chi connectivity index (χ3n) is 11.1. The predicted molar refractivity (Wildman–Crippen MR) is 167 cm³/mol. The van der Waals surface area contributed by atoms with Gasteiger partial charge in [-0.25, -0.2) is 9.37 Å². The average Bonchev–Trinajstić information content (AvgIpc) is 3.61. The Morgan fingerprint density at radius 3 is 2.33 bits per heavy atom. The van der Waals surface area contributed by atoms with Gasteiger partial charge in [0.25, 0.3) is 0 Å². The van der Waals surface area contributed by atoms with Gasteiger partial charge in [-0.15, -0.1) is 11.3 Å². The van der Waals surface area contributed by atoms with Crippen molar-refractivity contribution in [2.45, 2.75) is 102 Å². The molecule has 2 aromatic heterocycles. The first-order chi connectivity index (χ1) is 20.4. The smallest absolute Gasteiger partial charge is 0.233 e. The van der Waals surface area contributed by atoms with E-state index >= 15 is 0 Å². The fourth-order valence-corrected chi connectivity index (χ4v) is 9.30. The van der Waals surface area contributed by atoms with Gasteiger partial charge in [0.15, 0.2) is 5.82 Å². The fourth-order valence-electron chi connectivity index (χ4n) is 8.43. The monoisotopic (exact) mass is 598 g/mol. The van der Waals surface area contributed by atoms with Crippen LogP contribution in [0.15, 0.2) is 47.0 Å². The maximum absolute atomic E-state index is 14.6. The molecule has 4 bridgehead atoms. The van der Waals surface area contributed by atoms with E-state index in [0.29, 0.717) is 25.8 Å². The molecule has 10 rings (SSSR count). The third kappa shape index (κ3) is 4.30. The van der Waals surface area contributed by atoms with Crippen molar-refractivity contribution < 1.29 is 13.7 Å². The number of rotatable bonds is 6. The molecule has 6 saturated carbocycles. The summed E-state index contributed by atoms with van der Waals surface area (Å²) in [4.78, 5) is 25.8. The molecule has 0 unspecified atom stereocenters. The van der Waals surface area contributed by atoms with Crippen LogP contribution in [0.2, 0.25) is 0 Å². The fraction of sp³-hybridized carbons (Fsp3) is 0.543. The normalized spacial score (nSPS) is 31.1. The van der Waals surface area contributed by atoms with E-state index < -0.39 is 11.1 Å². The minimum atomic E-state index is -1.12. The highest BCUT2D eigenvalue weighted by Crippen LogP contribution is 2.70. The van der Waals surface area contributed by atoms with Crippen LogP contribution in [-0.4, -0.2) is 33.2 Å². The summed E-state index contributed by atoms with van der Waals surface area (Å²) in [5.74, 6) is 1.67. The summed E-state index contributed by atoms with van der Waals surface area (Å²) in [5, 5.41) is 5.39. The summed E-state index contributed by atoms with van der Waals surface area (Å²) in [6, 6.07) is 14.8. The quantitative estimate of drug-likeness (QED) is 0.223. The molecule has 6 aliphatic carbocycles. The highest BCUT2D eigenvalue weighted by molar-refractivity contribution is 7.18. The molecule has 1 amide bonds. The van der Waals surface area contributed by atoms with Crippen molar-refractivity contribution in [1.82, 2.24) is 15.1 Å². The lowest BCUT2D eigenvalue weighted by atomic mass is 9.41. The number of fused-ring (bicyclic) bond motifs is 4. The summed E-state index contributed by atoms with van der Waals surface area (Å²) in [7, 11) is 0. The van der Waals surface area contributed by atoms with Gasteiger partial charge in [-0.05, 0) is 106 Å². The molecule has 8 heteroatoms. The lowest BCUT2D eigenvalue weighted by molar-refractivity contribution is -0.211. The number of hydrogen-bond acceptors (Lipinski definition) is 6. The Morgan fingerprint density at radius 2 is 1.67 bits per heavy atom. The molecule has 2 heterocycles. The maximum atomic E-state index is 14.6. The number of amides is 1. The molecule has 2 aromatic carbocycles. The lowest BCUT2D eigenvalue weighted by Gasteiger charge is -2.65. The Morgan fingerprint density at radius 1 is 0.977 bits per heavy atom. The van der Waals surface area contributed by atoms with Gasteiger partial charge in [0.05, 0.1) is 20.6 Å². The summed E-state index contributed by atoms with van der Waals surface area (Å²) in [5.41, 5.74) is 2.32. The highest BCUT2D eigenvalue weighted by Gasteiger charge is 2.73. The van der Waals surface area contributed by atoms with Crippen molar-refractivity contribution in [2.24, 2.45) is 10.8 Å². The second kappa shape index (κ2) is 8.96. The molecule has 0 aliphatic heterocycles. The van der Waals surface area contributed by atoms with E-state index in [1.807, 2.05) is 11.8 Å². The first-order valence-corrected chi connectivity index (χ1v) is 16.5. The number of anilines is 1. The molecule has 6 nitrogen and oxygen atoms in total. The zero-order valence-electron chi connectivity index (χ0n) is 25.5. The summed E-state index contributed by atoms with van der Waals surface area (Å²) < 4.78 is 21.7. The van der Waals surface area contributed by atoms with Crippen molar-refractivity contribution >= 4 is 33.1 Å². The van der Waals surface area contributed by atoms with Crippen LogP contribution in [0.3, 0.4) is 0 Å². The minimum Gasteiger partial charge on any atom is -0.339 e. The van der Waals surface area contributed by atoms with E-state index in [1.54, 1.807) is 11.3 Å². The highest BCUT2D eigenvalue weighted by atomic mass is 32.1. The Balaban J connectivity index is 1.09. The first-order valence-electron chi connectivity index (χ1n) is 15.7. The van der Waals surface area contributed by atoms with Crippen LogP contribution in [0.4, 0.5) is 10.1 Å². The molecule has 224 valence electrons. The van der Waals surface area contributed by atoms with Gasteiger partial charge in [-0.2, -0.15) is 4.98 Å². The van der Waals surface area contributed by atoms with E-state index in [0.717, 1.165) is 82.3 Å². The molecule has 0 saturated heterocycles. The van der Waals surface area contributed by atoms with E-state index in [2.05, 4.69) is 73.4 Å². The molecular weight excluding hydrogens is 559 g/mol. The van der Waals surface area contributed by atoms with Crippen molar-refractivity contribution in [3.05, 3.63) is 59.2 Å². The number of benzene rings is 2. The molecule has 43 heavy (non-hydrogen) atoms. The Labute approximate surface area is 256 Å². The predicted octanol–water partition coefficient (Wildman–Crippen LogP) is 8.47. The van der Waals surface area contributed by atoms with Gasteiger partial charge < -0.3 is 9.42 Å². The molecule has 0 atom stereocenters. The first kappa shape index (κ1) is 27.4. The van der Waals surface area contributed by atoms with Gasteiger partial charge in [-0.3, -0.25) is 4.79 Å². The van der Waals surface area contributed by atoms with E-state index in [9.17, 15) is 9.18 Å². The lowest BCUT2D eigenvalue weighted by Crippen LogP contribution is -2.71. The number of thiazole rings is 1. The van der Waals surface area contributed by atoms with Crippen LogP contribution in [0.25, 0.3) is 21.3 Å². The number of hydrogen-bond donors (Lipinski definition) is 0. The molecule has 0 radical (unpaired) electrons. The third-order valence-corrected chi connectivity index (χ3v) is 12.0. The number of aromatic nitrogens is 3. The zero-order chi connectivity index (χ0) is 29.8. The summed E-state index contributed by atoms with van der Waals surface area (Å²) in [6.45, 7) is 9.05. The van der Waals surface area contributed by atoms with Gasteiger partial charge in [0.1, 0.15) is 5.67 Å². The van der Waals surface area contributed by atoms with Crippen LogP contribution >= 0.6 is 11.3 Å². The van der Waals surface area contributed by atoms with Gasteiger partial charge >= 0.3 is 0 Å². The Bertz CT molecular complexity index is 1720. The van der Waals surface area contributed by atoms with E-state index in [1.165, 1.54) is 0 Å². The number of carbonyl (C=O) groups excluding carboxylic acids is 1. The standard InChI is InChI=1S/C35H39FN4O2S/c1-22-37-26-9-8-24(17-27(26)43-22)23-6-5-7-25(16-23)40(30(41)34-18-35(36,19-34)20-34)21-32-10-13-33(14-11-32,15-12-32)29-38-28(39-42-29)31(2,3)4/h5-9,16-17H,10-15,18-21H2,1-4H3. The van der Waals surface area contributed by atoms with Gasteiger partial charge in [-0.1, -0.05) is 44.1 Å². The van der Waals surface area contributed by atoms with Crippen LogP contribution in [0, 0.1) is 17.8 Å². The Hall–Kier alpha value is -3.13. The number of nitrogens with zero attached hydrogens (tertiary/aromatic N) is 4. The number of carbonyl (C=O) groups is 1. The summed E-state index contributed by atoms with van der Waals surface area (Å²) in [6.07, 6.45) is 7.16. The minimum absolute atomic E-state index is 0.0380. The number of aryl methyl sites for hydroxylation is 1. The van der Waals surface area contributed by atoms with Crippen molar-refractivity contribution in [3.63, 3.8) is 0 Å².